The number of nitrogens with two attached hydrogens (primary N) is 1. The Bertz CT molecular complexity index is 589. The normalized spacial score (nSPS) is 12.8. The van der Waals surface area contributed by atoms with Crippen molar-refractivity contribution in [2.75, 3.05) is 0 Å². The van der Waals surface area contributed by atoms with Gasteiger partial charge in [0.25, 0.3) is 0 Å². The van der Waals surface area contributed by atoms with Gasteiger partial charge in [0, 0.05) is 10.4 Å². The molecular formula is C12H10BrClF3NOS. The second-order valence-electron chi connectivity index (χ2n) is 3.85. The summed E-state index contributed by atoms with van der Waals surface area (Å²) >= 11 is 4.25. The van der Waals surface area contributed by atoms with Crippen LogP contribution in [0.3, 0.4) is 0 Å². The van der Waals surface area contributed by atoms with E-state index in [1.807, 2.05) is 0 Å². The number of phenols is 1. The summed E-state index contributed by atoms with van der Waals surface area (Å²) in [4.78, 5) is 0.555. The van der Waals surface area contributed by atoms with Crippen molar-refractivity contribution >= 4 is 39.7 Å². The number of phenolic OH excluding ortho intramolecular Hbond substituents is 1. The second-order valence-corrected chi connectivity index (χ2v) is 5.68. The van der Waals surface area contributed by atoms with Gasteiger partial charge in [-0.1, -0.05) is 6.07 Å². The summed E-state index contributed by atoms with van der Waals surface area (Å²) in [5.41, 5.74) is 4.62. The van der Waals surface area contributed by atoms with Crippen molar-refractivity contribution < 1.29 is 18.3 Å². The lowest BCUT2D eigenvalue weighted by Gasteiger charge is -2.19. The molecule has 2 nitrogen and oxygen atoms in total. The highest BCUT2D eigenvalue weighted by atomic mass is 79.9. The third-order valence-corrected chi connectivity index (χ3v) is 4.23. The summed E-state index contributed by atoms with van der Waals surface area (Å²) in [5, 5.41) is 11.6. The molecule has 0 saturated heterocycles. The quantitative estimate of drug-likeness (QED) is 0.783. The molecule has 1 aromatic carbocycles. The maximum Gasteiger partial charge on any atom is 0.416 e. The molecule has 2 aromatic rings. The number of benzene rings is 1. The zero-order chi connectivity index (χ0) is 14.2. The van der Waals surface area contributed by atoms with Crippen molar-refractivity contribution in [1.82, 2.24) is 0 Å². The average Bonchev–Trinajstić information content (AvgIpc) is 2.83. The van der Waals surface area contributed by atoms with Gasteiger partial charge in [-0.3, -0.25) is 0 Å². The van der Waals surface area contributed by atoms with Gasteiger partial charge in [0.2, 0.25) is 0 Å². The van der Waals surface area contributed by atoms with Gasteiger partial charge in [-0.25, -0.2) is 0 Å². The molecule has 0 saturated carbocycles. The van der Waals surface area contributed by atoms with Crippen LogP contribution >= 0.6 is 39.7 Å². The minimum Gasteiger partial charge on any atom is -0.506 e. The molecule has 0 amide bonds. The topological polar surface area (TPSA) is 46.2 Å². The van der Waals surface area contributed by atoms with Gasteiger partial charge in [-0.15, -0.1) is 23.7 Å². The largest absolute Gasteiger partial charge is 0.506 e. The van der Waals surface area contributed by atoms with Gasteiger partial charge < -0.3 is 10.8 Å². The van der Waals surface area contributed by atoms with Crippen LogP contribution in [0.5, 0.6) is 5.75 Å². The van der Waals surface area contributed by atoms with Gasteiger partial charge in [-0.2, -0.15) is 13.2 Å². The molecule has 20 heavy (non-hydrogen) atoms. The molecule has 1 aromatic heterocycles. The van der Waals surface area contributed by atoms with Gasteiger partial charge >= 0.3 is 6.18 Å². The Labute approximate surface area is 132 Å². The number of hydrogen-bond donors (Lipinski definition) is 2. The number of thiophene rings is 1. The lowest BCUT2D eigenvalue weighted by Crippen LogP contribution is -2.18. The van der Waals surface area contributed by atoms with Crippen LogP contribution in [-0.2, 0) is 6.18 Å². The van der Waals surface area contributed by atoms with Crippen LogP contribution in [0, 0.1) is 0 Å². The molecule has 1 heterocycles. The smallest absolute Gasteiger partial charge is 0.416 e. The average molecular weight is 389 g/mol. The Morgan fingerprint density at radius 2 is 1.90 bits per heavy atom. The molecule has 0 aliphatic carbocycles. The Kier molecular flexibility index (Phi) is 5.48. The Morgan fingerprint density at radius 3 is 2.40 bits per heavy atom. The van der Waals surface area contributed by atoms with E-state index in [0.29, 0.717) is 4.88 Å². The fourth-order valence-electron chi connectivity index (χ4n) is 1.75. The Morgan fingerprint density at radius 1 is 1.25 bits per heavy atom. The molecule has 0 bridgehead atoms. The van der Waals surface area contributed by atoms with E-state index in [-0.39, 0.29) is 22.4 Å². The zero-order valence-electron chi connectivity index (χ0n) is 9.82. The highest BCUT2D eigenvalue weighted by Gasteiger charge is 2.37. The van der Waals surface area contributed by atoms with Crippen molar-refractivity contribution in [1.29, 1.82) is 0 Å². The summed E-state index contributed by atoms with van der Waals surface area (Å²) in [6.07, 6.45) is -4.57. The van der Waals surface area contributed by atoms with E-state index in [2.05, 4.69) is 15.9 Å². The van der Waals surface area contributed by atoms with E-state index in [4.69, 9.17) is 5.73 Å². The van der Waals surface area contributed by atoms with E-state index in [1.165, 1.54) is 11.3 Å². The van der Waals surface area contributed by atoms with Crippen LogP contribution < -0.4 is 5.73 Å². The lowest BCUT2D eigenvalue weighted by molar-refractivity contribution is -0.138. The zero-order valence-corrected chi connectivity index (χ0v) is 13.0. The van der Waals surface area contributed by atoms with Crippen molar-refractivity contribution in [3.63, 3.8) is 0 Å². The third-order valence-electron chi connectivity index (χ3n) is 2.63. The van der Waals surface area contributed by atoms with Crippen molar-refractivity contribution in [2.45, 2.75) is 12.2 Å². The summed E-state index contributed by atoms with van der Waals surface area (Å²) in [7, 11) is 0. The summed E-state index contributed by atoms with van der Waals surface area (Å²) in [5.74, 6) is -0.476. The van der Waals surface area contributed by atoms with Gasteiger partial charge in [0.05, 0.1) is 16.1 Å². The maximum absolute atomic E-state index is 13.0. The first-order valence-electron chi connectivity index (χ1n) is 5.20. The van der Waals surface area contributed by atoms with Crippen LogP contribution in [0.4, 0.5) is 13.2 Å². The van der Waals surface area contributed by atoms with E-state index in [9.17, 15) is 18.3 Å². The highest BCUT2D eigenvalue weighted by Crippen LogP contribution is 2.43. The summed E-state index contributed by atoms with van der Waals surface area (Å²) < 4.78 is 39.1. The number of aromatic hydroxyl groups is 1. The second kappa shape index (κ2) is 6.34. The first kappa shape index (κ1) is 17.3. The molecule has 0 radical (unpaired) electrons. The van der Waals surface area contributed by atoms with Crippen LogP contribution in [0.2, 0.25) is 0 Å². The molecule has 0 fully saturated rings. The highest BCUT2D eigenvalue weighted by molar-refractivity contribution is 9.10. The summed E-state index contributed by atoms with van der Waals surface area (Å²) in [6.45, 7) is 0. The first-order valence-corrected chi connectivity index (χ1v) is 6.87. The Hall–Kier alpha value is -0.760. The van der Waals surface area contributed by atoms with Crippen molar-refractivity contribution in [3.05, 3.63) is 50.1 Å². The lowest BCUT2D eigenvalue weighted by atomic mass is 9.98. The number of halogens is 5. The predicted octanol–water partition coefficient (Wildman–Crippen LogP) is 4.70. The monoisotopic (exact) mass is 387 g/mol. The van der Waals surface area contributed by atoms with E-state index >= 15 is 0 Å². The van der Waals surface area contributed by atoms with E-state index in [0.717, 1.165) is 12.1 Å². The molecular weight excluding hydrogens is 379 g/mol. The minimum atomic E-state index is -4.57. The summed E-state index contributed by atoms with van der Waals surface area (Å²) in [6, 6.07) is 4.38. The molecule has 110 valence electrons. The van der Waals surface area contributed by atoms with Crippen LogP contribution in [0.1, 0.15) is 22.0 Å². The van der Waals surface area contributed by atoms with Gasteiger partial charge in [0.15, 0.2) is 0 Å². The SMILES string of the molecule is Cl.N[C@H](c1cccs1)c1c(C(F)(F)F)ccc(Br)c1O. The molecule has 2 rings (SSSR count). The fraction of sp³-hybridized carbons (Fsp3) is 0.167. The molecule has 0 aliphatic rings. The van der Waals surface area contributed by atoms with Crippen molar-refractivity contribution in [2.24, 2.45) is 5.73 Å². The van der Waals surface area contributed by atoms with Crippen LogP contribution in [0.15, 0.2) is 34.1 Å². The number of hydrogen-bond acceptors (Lipinski definition) is 3. The van der Waals surface area contributed by atoms with E-state index in [1.54, 1.807) is 17.5 Å². The molecule has 0 spiro atoms. The fourth-order valence-corrected chi connectivity index (χ4v) is 2.84. The molecule has 0 aliphatic heterocycles. The van der Waals surface area contributed by atoms with Crippen LogP contribution in [0.25, 0.3) is 0 Å². The maximum atomic E-state index is 13.0. The van der Waals surface area contributed by atoms with Crippen molar-refractivity contribution in [3.8, 4) is 5.75 Å². The van der Waals surface area contributed by atoms with Crippen LogP contribution in [-0.4, -0.2) is 5.11 Å². The predicted molar refractivity (Wildman–Crippen MR) is 78.4 cm³/mol. The van der Waals surface area contributed by atoms with E-state index < -0.39 is 23.5 Å². The number of rotatable bonds is 2. The standard InChI is InChI=1S/C12H9BrF3NOS.ClH/c13-7-4-3-6(12(14,15)16)9(11(7)18)10(17)8-2-1-5-19-8;/h1-5,10,18H,17H2;1H/t10-;/m1./s1. The molecule has 0 unspecified atom stereocenters. The molecule has 8 heteroatoms. The van der Waals surface area contributed by atoms with Gasteiger partial charge in [-0.05, 0) is 39.5 Å². The first-order chi connectivity index (χ1) is 8.82. The minimum absolute atomic E-state index is 0. The number of alkyl halides is 3. The third kappa shape index (κ3) is 3.28. The molecule has 1 atom stereocenters. The molecule has 3 N–H and O–H groups in total. The Balaban J connectivity index is 0.00000200. The van der Waals surface area contributed by atoms with Gasteiger partial charge in [0.1, 0.15) is 5.75 Å².